The second kappa shape index (κ2) is 6.85. The van der Waals surface area contributed by atoms with Gasteiger partial charge < -0.3 is 10.0 Å². The molecule has 0 radical (unpaired) electrons. The first-order valence-electron chi connectivity index (χ1n) is 7.71. The number of aryl methyl sites for hydroxylation is 1. The van der Waals surface area contributed by atoms with Crippen molar-refractivity contribution in [3.63, 3.8) is 0 Å². The van der Waals surface area contributed by atoms with Crippen LogP contribution < -0.4 is 4.90 Å². The number of anilines is 1. The topological polar surface area (TPSA) is 52.5 Å². The molecule has 0 atom stereocenters. The second-order valence-electron chi connectivity index (χ2n) is 5.72. The van der Waals surface area contributed by atoms with E-state index in [-0.39, 0.29) is 6.61 Å². The number of piperazine rings is 1. The molecule has 2 heterocycles. The monoisotopic (exact) mass is 298 g/mol. The van der Waals surface area contributed by atoms with Crippen molar-refractivity contribution in [2.45, 2.75) is 20.1 Å². The Morgan fingerprint density at radius 1 is 0.955 bits per heavy atom. The number of aliphatic hydroxyl groups is 1. The SMILES string of the molecule is Cc1ccc(N2CCN(Cc3ccccc3CO)CC2)nn1. The van der Waals surface area contributed by atoms with Crippen LogP contribution in [0.2, 0.25) is 0 Å². The summed E-state index contributed by atoms with van der Waals surface area (Å²) in [6.45, 7) is 6.86. The molecule has 116 valence electrons. The predicted octanol–water partition coefficient (Wildman–Crippen LogP) is 1.60. The quantitative estimate of drug-likeness (QED) is 0.929. The predicted molar refractivity (Wildman–Crippen MR) is 86.6 cm³/mol. The van der Waals surface area contributed by atoms with Gasteiger partial charge in [-0.05, 0) is 30.2 Å². The van der Waals surface area contributed by atoms with E-state index < -0.39 is 0 Å². The van der Waals surface area contributed by atoms with Crippen molar-refractivity contribution in [3.8, 4) is 0 Å². The Kier molecular flexibility index (Phi) is 4.65. The molecule has 3 rings (SSSR count). The number of nitrogens with zero attached hydrogens (tertiary/aromatic N) is 4. The lowest BCUT2D eigenvalue weighted by molar-refractivity contribution is 0.242. The van der Waals surface area contributed by atoms with Crippen LogP contribution in [0.3, 0.4) is 0 Å². The molecule has 1 fully saturated rings. The molecule has 1 N–H and O–H groups in total. The summed E-state index contributed by atoms with van der Waals surface area (Å²) in [7, 11) is 0. The molecule has 0 saturated carbocycles. The number of hydrogen-bond acceptors (Lipinski definition) is 5. The van der Waals surface area contributed by atoms with Crippen molar-refractivity contribution in [2.75, 3.05) is 31.1 Å². The van der Waals surface area contributed by atoms with E-state index in [0.717, 1.165) is 49.8 Å². The van der Waals surface area contributed by atoms with E-state index in [1.165, 1.54) is 5.56 Å². The molecule has 2 aromatic rings. The average Bonchev–Trinajstić information content (AvgIpc) is 2.57. The molecule has 5 heteroatoms. The Hall–Kier alpha value is -1.98. The summed E-state index contributed by atoms with van der Waals surface area (Å²) in [6, 6.07) is 12.2. The van der Waals surface area contributed by atoms with Gasteiger partial charge in [0.25, 0.3) is 0 Å². The first kappa shape index (κ1) is 14.9. The van der Waals surface area contributed by atoms with Crippen molar-refractivity contribution < 1.29 is 5.11 Å². The molecular formula is C17H22N4O. The fourth-order valence-corrected chi connectivity index (χ4v) is 2.80. The minimum Gasteiger partial charge on any atom is -0.392 e. The highest BCUT2D eigenvalue weighted by Gasteiger charge is 2.18. The molecule has 1 aliphatic heterocycles. The lowest BCUT2D eigenvalue weighted by Crippen LogP contribution is -2.46. The maximum absolute atomic E-state index is 9.42. The van der Waals surface area contributed by atoms with Gasteiger partial charge in [-0.1, -0.05) is 24.3 Å². The maximum Gasteiger partial charge on any atom is 0.151 e. The number of aliphatic hydroxyl groups excluding tert-OH is 1. The molecule has 22 heavy (non-hydrogen) atoms. The zero-order chi connectivity index (χ0) is 15.4. The van der Waals surface area contributed by atoms with E-state index in [1.54, 1.807) is 0 Å². The van der Waals surface area contributed by atoms with Crippen molar-refractivity contribution in [3.05, 3.63) is 53.2 Å². The second-order valence-corrected chi connectivity index (χ2v) is 5.72. The van der Waals surface area contributed by atoms with E-state index in [1.807, 2.05) is 37.3 Å². The molecule has 1 aliphatic rings. The van der Waals surface area contributed by atoms with Gasteiger partial charge >= 0.3 is 0 Å². The standard InChI is InChI=1S/C17H22N4O/c1-14-6-7-17(19-18-14)21-10-8-20(9-11-21)12-15-4-2-3-5-16(15)13-22/h2-7,22H,8-13H2,1H3. The smallest absolute Gasteiger partial charge is 0.151 e. The fourth-order valence-electron chi connectivity index (χ4n) is 2.80. The van der Waals surface area contributed by atoms with Crippen LogP contribution in [0.25, 0.3) is 0 Å². The first-order chi connectivity index (χ1) is 10.8. The average molecular weight is 298 g/mol. The van der Waals surface area contributed by atoms with Gasteiger partial charge in [-0.3, -0.25) is 4.90 Å². The highest BCUT2D eigenvalue weighted by Crippen LogP contribution is 2.16. The van der Waals surface area contributed by atoms with Crippen molar-refractivity contribution >= 4 is 5.82 Å². The summed E-state index contributed by atoms with van der Waals surface area (Å²) in [5.41, 5.74) is 3.19. The first-order valence-corrected chi connectivity index (χ1v) is 7.71. The summed E-state index contributed by atoms with van der Waals surface area (Å²) >= 11 is 0. The Labute approximate surface area is 131 Å². The van der Waals surface area contributed by atoms with Crippen LogP contribution in [0, 0.1) is 6.92 Å². The molecule has 0 aliphatic carbocycles. The van der Waals surface area contributed by atoms with Crippen LogP contribution in [0.4, 0.5) is 5.82 Å². The van der Waals surface area contributed by atoms with Gasteiger partial charge in [0.2, 0.25) is 0 Å². The van der Waals surface area contributed by atoms with Gasteiger partial charge in [0.1, 0.15) is 0 Å². The third-order valence-corrected chi connectivity index (χ3v) is 4.16. The molecule has 5 nitrogen and oxygen atoms in total. The van der Waals surface area contributed by atoms with Gasteiger partial charge in [-0.2, -0.15) is 5.10 Å². The normalized spacial score (nSPS) is 16.0. The molecule has 0 spiro atoms. The number of benzene rings is 1. The molecular weight excluding hydrogens is 276 g/mol. The fraction of sp³-hybridized carbons (Fsp3) is 0.412. The molecule has 1 aromatic heterocycles. The molecule has 1 aromatic carbocycles. The Balaban J connectivity index is 1.59. The minimum absolute atomic E-state index is 0.106. The van der Waals surface area contributed by atoms with E-state index in [2.05, 4.69) is 26.1 Å². The van der Waals surface area contributed by atoms with E-state index >= 15 is 0 Å². The van der Waals surface area contributed by atoms with Gasteiger partial charge in [-0.25, -0.2) is 0 Å². The van der Waals surface area contributed by atoms with Crippen LogP contribution >= 0.6 is 0 Å². The van der Waals surface area contributed by atoms with E-state index in [9.17, 15) is 5.11 Å². The van der Waals surface area contributed by atoms with Gasteiger partial charge in [-0.15, -0.1) is 5.10 Å². The zero-order valence-corrected chi connectivity index (χ0v) is 12.9. The van der Waals surface area contributed by atoms with Crippen LogP contribution in [-0.4, -0.2) is 46.4 Å². The summed E-state index contributed by atoms with van der Waals surface area (Å²) in [5, 5.41) is 17.8. The Bertz CT molecular complexity index is 606. The Morgan fingerprint density at radius 2 is 1.68 bits per heavy atom. The minimum atomic E-state index is 0.106. The van der Waals surface area contributed by atoms with E-state index in [4.69, 9.17) is 0 Å². The maximum atomic E-state index is 9.42. The third kappa shape index (κ3) is 3.43. The molecule has 0 bridgehead atoms. The molecule has 1 saturated heterocycles. The van der Waals surface area contributed by atoms with Gasteiger partial charge in [0, 0.05) is 32.7 Å². The summed E-state index contributed by atoms with van der Waals surface area (Å²) < 4.78 is 0. The van der Waals surface area contributed by atoms with E-state index in [0.29, 0.717) is 0 Å². The van der Waals surface area contributed by atoms with Crippen molar-refractivity contribution in [2.24, 2.45) is 0 Å². The molecule has 0 amide bonds. The highest BCUT2D eigenvalue weighted by atomic mass is 16.3. The number of aromatic nitrogens is 2. The highest BCUT2D eigenvalue weighted by molar-refractivity contribution is 5.38. The van der Waals surface area contributed by atoms with Crippen LogP contribution in [0.15, 0.2) is 36.4 Å². The van der Waals surface area contributed by atoms with Crippen molar-refractivity contribution in [1.82, 2.24) is 15.1 Å². The zero-order valence-electron chi connectivity index (χ0n) is 12.9. The number of rotatable bonds is 4. The van der Waals surface area contributed by atoms with Gasteiger partial charge in [0.05, 0.1) is 12.3 Å². The van der Waals surface area contributed by atoms with Crippen LogP contribution in [0.5, 0.6) is 0 Å². The summed E-state index contributed by atoms with van der Waals surface area (Å²) in [4.78, 5) is 4.70. The molecule has 0 unspecified atom stereocenters. The lowest BCUT2D eigenvalue weighted by Gasteiger charge is -2.35. The summed E-state index contributed by atoms with van der Waals surface area (Å²) in [5.74, 6) is 0.959. The summed E-state index contributed by atoms with van der Waals surface area (Å²) in [6.07, 6.45) is 0. The largest absolute Gasteiger partial charge is 0.392 e. The van der Waals surface area contributed by atoms with Crippen molar-refractivity contribution in [1.29, 1.82) is 0 Å². The lowest BCUT2D eigenvalue weighted by atomic mass is 10.1. The van der Waals surface area contributed by atoms with Crippen LogP contribution in [-0.2, 0) is 13.2 Å². The number of hydrogen-bond donors (Lipinski definition) is 1. The van der Waals surface area contributed by atoms with Gasteiger partial charge in [0.15, 0.2) is 5.82 Å². The Morgan fingerprint density at radius 3 is 2.32 bits per heavy atom. The van der Waals surface area contributed by atoms with Crippen LogP contribution in [0.1, 0.15) is 16.8 Å². The third-order valence-electron chi connectivity index (χ3n) is 4.16.